The zero-order valence-corrected chi connectivity index (χ0v) is 30.6. The minimum Gasteiger partial charge on any atom is -0.463 e. The first-order chi connectivity index (χ1) is 26.1. The van der Waals surface area contributed by atoms with Gasteiger partial charge in [0, 0.05) is 11.1 Å². The molecule has 0 radical (unpaired) electrons. The molecule has 1 aliphatic carbocycles. The Bertz CT molecular complexity index is 2130. The first-order valence-electron chi connectivity index (χ1n) is 17.1. The Balaban J connectivity index is 1.43. The lowest BCUT2D eigenvalue weighted by Gasteiger charge is -2.37. The van der Waals surface area contributed by atoms with E-state index in [1.807, 2.05) is 0 Å². The van der Waals surface area contributed by atoms with Gasteiger partial charge in [0.25, 0.3) is 5.91 Å². The number of carbonyl (C=O) groups excluding carboxylic acids is 2. The second-order valence-electron chi connectivity index (χ2n) is 14.3. The molecule has 4 aromatic rings. The Kier molecular flexibility index (Phi) is 10.7. The number of hydrogen-bond donors (Lipinski definition) is 1. The predicted molar refractivity (Wildman–Crippen MR) is 184 cm³/mol. The fourth-order valence-electron chi connectivity index (χ4n) is 6.28. The molecule has 3 heterocycles. The van der Waals surface area contributed by atoms with E-state index < -0.39 is 84.9 Å². The fraction of sp³-hybridized carbons (Fsp3) is 0.457. The maximum atomic E-state index is 14.9. The van der Waals surface area contributed by atoms with Crippen LogP contribution >= 0.6 is 11.6 Å². The Labute approximate surface area is 318 Å². The summed E-state index contributed by atoms with van der Waals surface area (Å²) in [5.41, 5.74) is 2.32. The lowest BCUT2D eigenvalue weighted by molar-refractivity contribution is -0.218. The first kappa shape index (κ1) is 40.5. The summed E-state index contributed by atoms with van der Waals surface area (Å²) in [5.74, 6) is -5.59. The zero-order chi connectivity index (χ0) is 41.0. The highest BCUT2D eigenvalue weighted by Gasteiger charge is 2.59. The van der Waals surface area contributed by atoms with E-state index in [0.717, 1.165) is 44.8 Å². The van der Waals surface area contributed by atoms with Crippen molar-refractivity contribution >= 4 is 29.4 Å². The van der Waals surface area contributed by atoms with Gasteiger partial charge in [-0.1, -0.05) is 62.7 Å². The summed E-state index contributed by atoms with van der Waals surface area (Å²) in [4.78, 5) is 38.2. The number of esters is 1. The second-order valence-corrected chi connectivity index (χ2v) is 14.7. The van der Waals surface area contributed by atoms with Gasteiger partial charge in [-0.2, -0.15) is 59.9 Å². The van der Waals surface area contributed by atoms with E-state index in [4.69, 9.17) is 22.1 Å². The van der Waals surface area contributed by atoms with E-state index in [9.17, 15) is 44.7 Å². The minimum atomic E-state index is -4.85. The number of aromatic nitrogens is 6. The molecule has 3 atom stereocenters. The van der Waals surface area contributed by atoms with Crippen LogP contribution in [0, 0.1) is 11.3 Å². The highest BCUT2D eigenvalue weighted by Crippen LogP contribution is 2.51. The van der Waals surface area contributed by atoms with Crippen LogP contribution in [0.5, 0.6) is 0 Å². The van der Waals surface area contributed by atoms with Crippen LogP contribution in [0.2, 0.25) is 5.02 Å². The number of nitrogens with two attached hydrogens (primary N) is 1. The summed E-state index contributed by atoms with van der Waals surface area (Å²) in [5, 5.41) is 12.1. The Morgan fingerprint density at radius 1 is 1.05 bits per heavy atom. The number of aliphatic imine (C=N–C) groups is 1. The van der Waals surface area contributed by atoms with Gasteiger partial charge in [0.1, 0.15) is 18.6 Å². The number of benzene rings is 2. The molecule has 1 amide bonds. The number of ether oxygens (including phenoxy) is 1. The average molecular weight is 816 g/mol. The number of rotatable bonds is 13. The summed E-state index contributed by atoms with van der Waals surface area (Å²) < 4.78 is 117. The van der Waals surface area contributed by atoms with Gasteiger partial charge in [0.2, 0.25) is 0 Å². The van der Waals surface area contributed by atoms with Crippen LogP contribution in [0.25, 0.3) is 22.6 Å². The molecule has 1 fully saturated rings. The summed E-state index contributed by atoms with van der Waals surface area (Å²) in [6, 6.07) is 8.17. The van der Waals surface area contributed by atoms with Gasteiger partial charge in [0.05, 0.1) is 41.1 Å². The van der Waals surface area contributed by atoms with Crippen LogP contribution in [0.3, 0.4) is 0 Å². The topological polar surface area (TPSA) is 146 Å². The number of carbonyl (C=O) groups is 2. The van der Waals surface area contributed by atoms with Gasteiger partial charge >= 0.3 is 24.9 Å². The van der Waals surface area contributed by atoms with Gasteiger partial charge < -0.3 is 10.5 Å². The Morgan fingerprint density at radius 2 is 1.73 bits per heavy atom. The van der Waals surface area contributed by atoms with Crippen molar-refractivity contribution < 1.29 is 49.4 Å². The quantitative estimate of drug-likeness (QED) is 0.106. The molecule has 300 valence electrons. The second kappa shape index (κ2) is 14.7. The highest BCUT2D eigenvalue weighted by molar-refractivity contribution is 6.33. The molecule has 0 spiro atoms. The number of halogens is 9. The molecule has 2 N–H and O–H groups in total. The molecule has 0 bridgehead atoms. The number of hydrogen-bond acceptors (Lipinski definition) is 9. The maximum absolute atomic E-state index is 14.9. The average Bonchev–Trinajstić information content (AvgIpc) is 3.52. The van der Waals surface area contributed by atoms with Crippen LogP contribution in [-0.4, -0.2) is 71.5 Å². The van der Waals surface area contributed by atoms with Crippen molar-refractivity contribution in [1.82, 2.24) is 34.7 Å². The molecule has 1 saturated carbocycles. The standard InChI is InChI=1S/C35H34ClF8N9O3/c1-18(34(39,40)41)12-27(54)56-15-26(20-6-11-24(36)23(13-20)28-46-17-48-52(28)30(37)38)51-29(55)33(49-31(51)45,16-32(2,3)35(42,43)44)21-7-4-19(5-8-21)25-14-47-53(50-25)22-9-10-22/h4-8,11,13-14,17-18,22,26,30H,9-10,12,15-16H2,1-3H3,(H2,45,49)/t18-,26-,33-/m1/s1. The van der Waals surface area contributed by atoms with Crippen LogP contribution < -0.4 is 5.73 Å². The van der Waals surface area contributed by atoms with Gasteiger partial charge in [-0.25, -0.2) is 9.98 Å². The van der Waals surface area contributed by atoms with E-state index in [2.05, 4.69) is 25.3 Å². The predicted octanol–water partition coefficient (Wildman–Crippen LogP) is 7.79. The monoisotopic (exact) mass is 815 g/mol. The molecule has 56 heavy (non-hydrogen) atoms. The zero-order valence-electron chi connectivity index (χ0n) is 29.8. The lowest BCUT2D eigenvalue weighted by Crippen LogP contribution is -2.49. The van der Waals surface area contributed by atoms with Crippen LogP contribution in [-0.2, 0) is 19.9 Å². The van der Waals surface area contributed by atoms with Crippen LogP contribution in [0.15, 0.2) is 60.0 Å². The first-order valence-corrected chi connectivity index (χ1v) is 17.5. The van der Waals surface area contributed by atoms with Crippen molar-refractivity contribution in [2.45, 2.75) is 83.0 Å². The SMILES string of the molecule is C[C@H](CC(=O)OC[C@H](c1ccc(Cl)c(-c2ncnn2C(F)F)c1)N1C(=O)[C@@](CC(C)(C)C(F)(F)F)(c2ccc(-c3cnn(C4CC4)n3)cc2)N=C1N)C(F)(F)F. The van der Waals surface area contributed by atoms with E-state index in [1.54, 1.807) is 4.80 Å². The van der Waals surface area contributed by atoms with E-state index in [-0.39, 0.29) is 32.4 Å². The summed E-state index contributed by atoms with van der Waals surface area (Å²) in [6.45, 7) is -1.53. The van der Waals surface area contributed by atoms with Crippen molar-refractivity contribution in [2.24, 2.45) is 22.1 Å². The molecule has 0 saturated heterocycles. The summed E-state index contributed by atoms with van der Waals surface area (Å²) in [7, 11) is 0. The van der Waals surface area contributed by atoms with Crippen LogP contribution in [0.1, 0.15) is 76.2 Å². The third-order valence-electron chi connectivity index (χ3n) is 9.75. The number of guanidine groups is 1. The van der Waals surface area contributed by atoms with Gasteiger partial charge in [-0.3, -0.25) is 14.5 Å². The van der Waals surface area contributed by atoms with E-state index in [1.165, 1.54) is 48.7 Å². The summed E-state index contributed by atoms with van der Waals surface area (Å²) in [6.07, 6.45) is -7.47. The van der Waals surface area contributed by atoms with Crippen molar-refractivity contribution in [1.29, 1.82) is 0 Å². The van der Waals surface area contributed by atoms with Crippen LogP contribution in [0.4, 0.5) is 35.1 Å². The molecular weight excluding hydrogens is 782 g/mol. The van der Waals surface area contributed by atoms with E-state index in [0.29, 0.717) is 11.3 Å². The molecule has 0 unspecified atom stereocenters. The maximum Gasteiger partial charge on any atom is 0.394 e. The Hall–Kier alpha value is -5.14. The number of amides is 1. The van der Waals surface area contributed by atoms with Crippen molar-refractivity contribution in [2.75, 3.05) is 6.61 Å². The highest BCUT2D eigenvalue weighted by atomic mass is 35.5. The number of nitrogens with zero attached hydrogens (tertiary/aromatic N) is 8. The van der Waals surface area contributed by atoms with Crippen molar-refractivity contribution in [3.63, 3.8) is 0 Å². The van der Waals surface area contributed by atoms with Gasteiger partial charge in [-0.15, -0.1) is 0 Å². The smallest absolute Gasteiger partial charge is 0.394 e. The normalized spacial score (nSPS) is 19.1. The molecule has 2 aromatic heterocycles. The third kappa shape index (κ3) is 7.92. The molecule has 6 rings (SSSR count). The molecule has 2 aromatic carbocycles. The largest absolute Gasteiger partial charge is 0.463 e. The molecule has 12 nitrogen and oxygen atoms in total. The van der Waals surface area contributed by atoms with E-state index >= 15 is 0 Å². The molecular formula is C35H34ClF8N9O3. The minimum absolute atomic E-state index is 0.000173. The number of alkyl halides is 8. The summed E-state index contributed by atoms with van der Waals surface area (Å²) >= 11 is 6.37. The van der Waals surface area contributed by atoms with Crippen molar-refractivity contribution in [3.8, 4) is 22.6 Å². The molecule has 21 heteroatoms. The molecule has 1 aliphatic heterocycles. The van der Waals surface area contributed by atoms with Crippen molar-refractivity contribution in [3.05, 3.63) is 71.1 Å². The van der Waals surface area contributed by atoms with Gasteiger partial charge in [0.15, 0.2) is 17.3 Å². The Morgan fingerprint density at radius 3 is 2.34 bits per heavy atom. The fourth-order valence-corrected chi connectivity index (χ4v) is 6.48. The third-order valence-corrected chi connectivity index (χ3v) is 10.1. The molecule has 2 aliphatic rings. The lowest BCUT2D eigenvalue weighted by atomic mass is 9.74. The van der Waals surface area contributed by atoms with Gasteiger partial charge in [-0.05, 0) is 42.5 Å².